The number of thioether (sulfide) groups is 2. The van der Waals surface area contributed by atoms with Crippen molar-refractivity contribution in [2.75, 3.05) is 43.1 Å². The van der Waals surface area contributed by atoms with Crippen LogP contribution in [0, 0.1) is 0 Å². The van der Waals surface area contributed by atoms with Crippen molar-refractivity contribution < 1.29 is 62.5 Å². The minimum absolute atomic E-state index is 0. The fourth-order valence-corrected chi connectivity index (χ4v) is 10.0. The van der Waals surface area contributed by atoms with Crippen molar-refractivity contribution >= 4 is 113 Å². The Bertz CT molecular complexity index is 2760. The van der Waals surface area contributed by atoms with E-state index < -0.39 is 95.6 Å². The number of hydrogen-bond donors (Lipinski definition) is 5. The van der Waals surface area contributed by atoms with E-state index in [-0.39, 0.29) is 77.6 Å². The van der Waals surface area contributed by atoms with Crippen LogP contribution in [0.4, 0.5) is 20.1 Å². The molecule has 4 aromatic rings. The van der Waals surface area contributed by atoms with Crippen LogP contribution in [-0.4, -0.2) is 184 Å². The number of amides is 8. The van der Waals surface area contributed by atoms with E-state index in [9.17, 15) is 48.3 Å². The van der Waals surface area contributed by atoms with Crippen molar-refractivity contribution in [2.24, 2.45) is 7.05 Å². The van der Waals surface area contributed by atoms with Gasteiger partial charge in [-0.2, -0.15) is 0 Å². The maximum absolute atomic E-state index is 14.2. The number of aromatic nitrogens is 4. The Hall–Kier alpha value is -7.00. The monoisotopic (exact) mass is 1070 g/mol. The number of urea groups is 1. The number of nitrogens with one attached hydrogen (secondary N) is 4. The zero-order chi connectivity index (χ0) is 52.6. The fraction of sp³-hybridized carbons (Fsp3) is 0.362. The van der Waals surface area contributed by atoms with Crippen LogP contribution in [0.1, 0.15) is 56.5 Å². The van der Waals surface area contributed by atoms with E-state index in [1.54, 1.807) is 95.4 Å². The Balaban J connectivity index is 0.00000892. The number of benzene rings is 3. The average Bonchev–Trinajstić information content (AvgIpc) is 3.78. The van der Waals surface area contributed by atoms with Crippen molar-refractivity contribution in [1.29, 1.82) is 0 Å². The molecule has 1 aromatic heterocycles. The van der Waals surface area contributed by atoms with Gasteiger partial charge in [-0.25, -0.2) is 28.7 Å². The molecule has 0 spiro atoms. The summed E-state index contributed by atoms with van der Waals surface area (Å²) < 4.78 is 18.1. The number of β-lactam (4-membered cyclic amide) rings is 1. The van der Waals surface area contributed by atoms with Crippen LogP contribution in [0.5, 0.6) is 0 Å². The number of hydrogen-bond acceptors (Lipinski definition) is 17. The average molecular weight is 1070 g/mol. The number of tetrazole rings is 1. The number of imide groups is 1. The predicted octanol–water partition coefficient (Wildman–Crippen LogP) is 2.31. The molecule has 74 heavy (non-hydrogen) atoms. The predicted molar refractivity (Wildman–Crippen MR) is 267 cm³/mol. The van der Waals surface area contributed by atoms with Gasteiger partial charge in [-0.15, -0.1) is 16.9 Å². The Morgan fingerprint density at radius 3 is 2.09 bits per heavy atom. The number of nitrogens with zero attached hydrogens (tertiary/aromatic N) is 7. The number of aryl methyl sites for hydroxylation is 1. The molecule has 4 atom stereocenters. The second-order valence-electron chi connectivity index (χ2n) is 17.4. The minimum atomic E-state index is -1.61. The van der Waals surface area contributed by atoms with E-state index >= 15 is 0 Å². The SMILES string of the molecule is CCN1CCN(C(=O)N[C@H](C(=O)N[C@@H]2C(=O)N3C(C(=O)O)=C(CSc4nnnn4C)CS[C@H]23)c2ccc(NC(=O)OCC(NC(=O)OC(C)(C)C)C(=O)OC(c3ccccc3)c3ccccc3)cc2)C(=O)C1=O.[NaH]. The molecular formula is C47H52N11NaO13S2. The van der Waals surface area contributed by atoms with Crippen LogP contribution in [-0.2, 0) is 50.0 Å². The quantitative estimate of drug-likeness (QED) is 0.0253. The fourth-order valence-electron chi connectivity index (χ4n) is 7.67. The van der Waals surface area contributed by atoms with Crippen LogP contribution in [0.3, 0.4) is 0 Å². The van der Waals surface area contributed by atoms with Gasteiger partial charge in [-0.3, -0.25) is 34.3 Å². The number of likely N-dealkylation sites (N-methyl/N-ethyl adjacent to an activating group) is 1. The number of esters is 1. The summed E-state index contributed by atoms with van der Waals surface area (Å²) in [4.78, 5) is 123. The summed E-state index contributed by atoms with van der Waals surface area (Å²) in [5.41, 5.74) is 0.707. The van der Waals surface area contributed by atoms with Gasteiger partial charge in [0, 0.05) is 43.9 Å². The molecule has 1 unspecified atom stereocenters. The molecule has 8 amide bonds. The van der Waals surface area contributed by atoms with Crippen LogP contribution < -0.4 is 21.3 Å². The Labute approximate surface area is 454 Å². The molecule has 386 valence electrons. The van der Waals surface area contributed by atoms with Gasteiger partial charge in [0.1, 0.15) is 35.4 Å². The summed E-state index contributed by atoms with van der Waals surface area (Å²) >= 11 is 2.40. The number of aliphatic carboxylic acids is 1. The molecular weight excluding hydrogens is 1010 g/mol. The third-order valence-corrected chi connectivity index (χ3v) is 13.7. The van der Waals surface area contributed by atoms with Gasteiger partial charge in [0.25, 0.3) is 5.91 Å². The molecule has 0 radical (unpaired) electrons. The van der Waals surface area contributed by atoms with Gasteiger partial charge in [0.05, 0.1) is 0 Å². The molecule has 3 aliphatic heterocycles. The van der Waals surface area contributed by atoms with Crippen LogP contribution in [0.25, 0.3) is 0 Å². The molecule has 5 N–H and O–H groups in total. The standard InChI is InChI=1S/C47H51N11O13S2.Na.H/c1-6-56-21-22-57(39(62)38(56)61)43(66)51-32(36(59)50-33-37(60)58-34(41(63)64)29(24-72-40(33)58)25-73-44-52-53-54-55(44)5)26-17-19-30(20-18-26)48-45(67)69-23-31(49-46(68)71-47(2,3)4)42(65)70-35(27-13-9-7-10-14-27)28-15-11-8-12-16-28;;/h7-20,31-33,35,40H,6,21-25H2,1-5H3,(H,48,67)(H,49,68)(H,50,59)(H,51,66)(H,63,64);;/t31?,32-,33+,40+;;/m0../s1. The summed E-state index contributed by atoms with van der Waals surface area (Å²) in [7, 11) is 1.62. The third kappa shape index (κ3) is 13.6. The summed E-state index contributed by atoms with van der Waals surface area (Å²) in [5.74, 6) is -5.64. The molecule has 3 aliphatic rings. The summed E-state index contributed by atoms with van der Waals surface area (Å²) in [6, 6.07) is 17.7. The number of carbonyl (C=O) groups is 9. The van der Waals surface area contributed by atoms with E-state index in [1.807, 2.05) is 0 Å². The second kappa shape index (κ2) is 24.8. The van der Waals surface area contributed by atoms with E-state index in [2.05, 4.69) is 36.8 Å². The third-order valence-electron chi connectivity index (χ3n) is 11.3. The van der Waals surface area contributed by atoms with Crippen LogP contribution in [0.15, 0.2) is 101 Å². The summed E-state index contributed by atoms with van der Waals surface area (Å²) in [5, 5.41) is 31.1. The van der Waals surface area contributed by atoms with Crippen molar-refractivity contribution in [3.8, 4) is 0 Å². The molecule has 4 heterocycles. The number of carbonyl (C=O) groups excluding carboxylic acids is 8. The van der Waals surface area contributed by atoms with E-state index in [0.717, 1.165) is 4.90 Å². The van der Waals surface area contributed by atoms with Crippen molar-refractivity contribution in [1.82, 2.24) is 50.9 Å². The number of ether oxygens (including phenoxy) is 3. The number of carboxylic acids is 1. The van der Waals surface area contributed by atoms with Gasteiger partial charge < -0.3 is 40.2 Å². The molecule has 24 nitrogen and oxygen atoms in total. The zero-order valence-corrected chi connectivity index (χ0v) is 41.6. The number of anilines is 1. The zero-order valence-electron chi connectivity index (χ0n) is 40.0. The van der Waals surface area contributed by atoms with Crippen LogP contribution >= 0.6 is 23.5 Å². The topological polar surface area (TPSA) is 303 Å². The van der Waals surface area contributed by atoms with E-state index in [1.165, 1.54) is 57.4 Å². The number of rotatable bonds is 17. The molecule has 7 rings (SSSR count). The molecule has 2 fully saturated rings. The number of carboxylic acid groups (broad SMARTS) is 1. The number of alkyl carbamates (subject to hydrolysis) is 1. The van der Waals surface area contributed by atoms with Gasteiger partial charge in [0.15, 0.2) is 12.1 Å². The molecule has 0 bridgehead atoms. The first-order valence-corrected chi connectivity index (χ1v) is 24.7. The van der Waals surface area contributed by atoms with Crippen molar-refractivity contribution in [3.05, 3.63) is 113 Å². The Morgan fingerprint density at radius 2 is 1.51 bits per heavy atom. The molecule has 3 aromatic carbocycles. The van der Waals surface area contributed by atoms with Gasteiger partial charge in [-0.05, 0) is 72.5 Å². The first kappa shape index (κ1) is 56.3. The summed E-state index contributed by atoms with van der Waals surface area (Å²) in [6.07, 6.45) is -2.95. The van der Waals surface area contributed by atoms with Gasteiger partial charge >= 0.3 is 71.5 Å². The van der Waals surface area contributed by atoms with Gasteiger partial charge in [0.2, 0.25) is 11.1 Å². The van der Waals surface area contributed by atoms with Crippen molar-refractivity contribution in [2.45, 2.75) is 68.1 Å². The molecule has 27 heteroatoms. The molecule has 0 aliphatic carbocycles. The maximum atomic E-state index is 14.2. The number of piperazine rings is 1. The van der Waals surface area contributed by atoms with Gasteiger partial charge in [-0.1, -0.05) is 84.6 Å². The normalized spacial score (nSPS) is 17.2. The number of fused-ring (bicyclic) bond motifs is 1. The summed E-state index contributed by atoms with van der Waals surface area (Å²) in [6.45, 7) is 5.94. The first-order valence-electron chi connectivity index (χ1n) is 22.6. The Kier molecular flexibility index (Phi) is 18.9. The molecule has 0 saturated carbocycles. The second-order valence-corrected chi connectivity index (χ2v) is 19.5. The van der Waals surface area contributed by atoms with Crippen molar-refractivity contribution in [3.63, 3.8) is 0 Å². The van der Waals surface area contributed by atoms with Crippen LogP contribution in [0.2, 0.25) is 0 Å². The van der Waals surface area contributed by atoms with E-state index in [4.69, 9.17) is 14.2 Å². The Morgan fingerprint density at radius 1 is 0.865 bits per heavy atom. The first-order chi connectivity index (χ1) is 34.8. The molecule has 2 saturated heterocycles. The van der Waals surface area contributed by atoms with E-state index in [0.29, 0.717) is 26.8 Å².